The predicted octanol–water partition coefficient (Wildman–Crippen LogP) is 3.05. The highest BCUT2D eigenvalue weighted by atomic mass is 15.3. The summed E-state index contributed by atoms with van der Waals surface area (Å²) in [5, 5.41) is 0. The van der Waals surface area contributed by atoms with Gasteiger partial charge < -0.3 is 0 Å². The Bertz CT molecular complexity index is 189. The molecule has 2 bridgehead atoms. The number of fused-ring (bicyclic) bond motifs is 3. The molecule has 0 spiro atoms. The molecule has 13 heavy (non-hydrogen) atoms. The smallest absolute Gasteiger partial charge is 0.0187 e. The molecule has 3 rings (SSSR count). The maximum atomic E-state index is 2.77. The average Bonchev–Trinajstić information content (AvgIpc) is 2.03. The number of piperidine rings is 2. The van der Waals surface area contributed by atoms with Crippen LogP contribution in [0, 0.1) is 5.92 Å². The molecular formula is C12H23N. The third-order valence-electron chi connectivity index (χ3n) is 4.41. The Kier molecular flexibility index (Phi) is 2.18. The van der Waals surface area contributed by atoms with Gasteiger partial charge in [0.1, 0.15) is 0 Å². The van der Waals surface area contributed by atoms with E-state index in [1.165, 1.54) is 25.7 Å². The first-order chi connectivity index (χ1) is 6.04. The summed E-state index contributed by atoms with van der Waals surface area (Å²) in [5.41, 5.74) is 0.530. The molecule has 3 aliphatic rings. The van der Waals surface area contributed by atoms with Gasteiger partial charge in [-0.15, -0.1) is 0 Å². The van der Waals surface area contributed by atoms with Gasteiger partial charge in [-0.05, 0) is 59.3 Å². The Hall–Kier alpha value is -0.0400. The van der Waals surface area contributed by atoms with Crippen LogP contribution in [0.5, 0.6) is 0 Å². The first-order valence-electron chi connectivity index (χ1n) is 5.83. The highest BCUT2D eigenvalue weighted by Gasteiger charge is 2.47. The molecular weight excluding hydrogens is 158 g/mol. The Morgan fingerprint density at radius 2 is 1.77 bits per heavy atom. The maximum Gasteiger partial charge on any atom is 0.0187 e. The van der Waals surface area contributed by atoms with Crippen molar-refractivity contribution in [3.63, 3.8) is 0 Å². The largest absolute Gasteiger partial charge is 0.293 e. The topological polar surface area (TPSA) is 3.24 Å². The summed E-state index contributed by atoms with van der Waals surface area (Å²) < 4.78 is 0. The zero-order valence-electron chi connectivity index (χ0n) is 9.51. The van der Waals surface area contributed by atoms with Gasteiger partial charge in [0.05, 0.1) is 0 Å². The van der Waals surface area contributed by atoms with E-state index in [0.717, 1.165) is 18.0 Å². The van der Waals surface area contributed by atoms with E-state index >= 15 is 0 Å². The fourth-order valence-electron chi connectivity index (χ4n) is 3.81. The highest BCUT2D eigenvalue weighted by Crippen LogP contribution is 2.47. The second-order valence-corrected chi connectivity index (χ2v) is 5.58. The molecule has 2 aliphatic heterocycles. The van der Waals surface area contributed by atoms with Crippen LogP contribution in [0.4, 0.5) is 0 Å². The SMILES string of the molecule is CC(C)N1[C@H](C)C2CCC1(C)CC2. The molecule has 2 saturated heterocycles. The summed E-state index contributed by atoms with van der Waals surface area (Å²) in [6.45, 7) is 9.60. The van der Waals surface area contributed by atoms with E-state index in [-0.39, 0.29) is 0 Å². The number of hydrogen-bond acceptors (Lipinski definition) is 1. The molecule has 0 unspecified atom stereocenters. The molecule has 76 valence electrons. The van der Waals surface area contributed by atoms with Crippen molar-refractivity contribution in [2.45, 2.75) is 71.0 Å². The molecule has 0 aromatic carbocycles. The molecule has 0 amide bonds. The summed E-state index contributed by atoms with van der Waals surface area (Å²) in [5.74, 6) is 0.990. The Labute approximate surface area is 82.5 Å². The molecule has 0 aromatic rings. The zero-order valence-corrected chi connectivity index (χ0v) is 9.51. The van der Waals surface area contributed by atoms with Crippen LogP contribution in [0.15, 0.2) is 0 Å². The molecule has 0 aromatic heterocycles. The second kappa shape index (κ2) is 2.98. The lowest BCUT2D eigenvalue weighted by atomic mass is 9.67. The molecule has 3 fully saturated rings. The minimum Gasteiger partial charge on any atom is -0.293 e. The quantitative estimate of drug-likeness (QED) is 0.601. The lowest BCUT2D eigenvalue weighted by Gasteiger charge is -2.59. The third-order valence-corrected chi connectivity index (χ3v) is 4.41. The molecule has 1 nitrogen and oxygen atoms in total. The monoisotopic (exact) mass is 181 g/mol. The van der Waals surface area contributed by atoms with Crippen LogP contribution < -0.4 is 0 Å². The lowest BCUT2D eigenvalue weighted by molar-refractivity contribution is -0.0844. The zero-order chi connectivity index (χ0) is 9.64. The number of hydrogen-bond donors (Lipinski definition) is 0. The van der Waals surface area contributed by atoms with E-state index in [1.54, 1.807) is 0 Å². The molecule has 0 N–H and O–H groups in total. The molecule has 0 radical (unpaired) electrons. The van der Waals surface area contributed by atoms with Gasteiger partial charge in [0, 0.05) is 17.6 Å². The van der Waals surface area contributed by atoms with Gasteiger partial charge in [-0.2, -0.15) is 0 Å². The lowest BCUT2D eigenvalue weighted by Crippen LogP contribution is -2.63. The molecule has 1 heteroatoms. The van der Waals surface area contributed by atoms with E-state index < -0.39 is 0 Å². The Morgan fingerprint density at radius 1 is 1.23 bits per heavy atom. The summed E-state index contributed by atoms with van der Waals surface area (Å²) in [6.07, 6.45) is 5.81. The van der Waals surface area contributed by atoms with Crippen molar-refractivity contribution in [2.75, 3.05) is 0 Å². The van der Waals surface area contributed by atoms with Crippen LogP contribution in [0.1, 0.15) is 53.4 Å². The summed E-state index contributed by atoms with van der Waals surface area (Å²) in [4.78, 5) is 2.77. The van der Waals surface area contributed by atoms with Crippen molar-refractivity contribution in [1.29, 1.82) is 0 Å². The van der Waals surface area contributed by atoms with Crippen molar-refractivity contribution in [3.05, 3.63) is 0 Å². The van der Waals surface area contributed by atoms with E-state index in [1.807, 2.05) is 0 Å². The van der Waals surface area contributed by atoms with Gasteiger partial charge in [-0.25, -0.2) is 0 Å². The van der Waals surface area contributed by atoms with Crippen molar-refractivity contribution in [1.82, 2.24) is 4.90 Å². The summed E-state index contributed by atoms with van der Waals surface area (Å²) in [6, 6.07) is 1.55. The van der Waals surface area contributed by atoms with Crippen LogP contribution in [0.2, 0.25) is 0 Å². The van der Waals surface area contributed by atoms with Crippen molar-refractivity contribution in [3.8, 4) is 0 Å². The van der Waals surface area contributed by atoms with Gasteiger partial charge >= 0.3 is 0 Å². The first kappa shape index (κ1) is 9.51. The van der Waals surface area contributed by atoms with Crippen LogP contribution >= 0.6 is 0 Å². The third kappa shape index (κ3) is 1.32. The fraction of sp³-hybridized carbons (Fsp3) is 1.00. The maximum absolute atomic E-state index is 2.77. The Morgan fingerprint density at radius 3 is 2.08 bits per heavy atom. The van der Waals surface area contributed by atoms with Gasteiger partial charge in [0.15, 0.2) is 0 Å². The standard InChI is InChI=1S/C12H23N/c1-9(2)13-10(3)11-5-7-12(13,4)8-6-11/h9-11H,5-8H2,1-4H3/t10-,11?,12?/m1/s1. The fourth-order valence-corrected chi connectivity index (χ4v) is 3.81. The molecule has 1 atom stereocenters. The van der Waals surface area contributed by atoms with Crippen LogP contribution in [0.25, 0.3) is 0 Å². The normalized spacial score (nSPS) is 45.9. The van der Waals surface area contributed by atoms with Crippen LogP contribution in [0.3, 0.4) is 0 Å². The highest BCUT2D eigenvalue weighted by molar-refractivity contribution is 5.02. The van der Waals surface area contributed by atoms with Crippen LogP contribution in [-0.4, -0.2) is 22.5 Å². The van der Waals surface area contributed by atoms with E-state index in [0.29, 0.717) is 5.54 Å². The van der Waals surface area contributed by atoms with Gasteiger partial charge in [-0.3, -0.25) is 4.90 Å². The minimum atomic E-state index is 0.530. The summed E-state index contributed by atoms with van der Waals surface area (Å²) >= 11 is 0. The molecule has 1 saturated carbocycles. The van der Waals surface area contributed by atoms with E-state index in [4.69, 9.17) is 0 Å². The van der Waals surface area contributed by atoms with Crippen molar-refractivity contribution >= 4 is 0 Å². The first-order valence-corrected chi connectivity index (χ1v) is 5.83. The van der Waals surface area contributed by atoms with E-state index in [2.05, 4.69) is 32.6 Å². The molecule has 1 aliphatic carbocycles. The van der Waals surface area contributed by atoms with Gasteiger partial charge in [-0.1, -0.05) is 0 Å². The van der Waals surface area contributed by atoms with E-state index in [9.17, 15) is 0 Å². The van der Waals surface area contributed by atoms with Crippen molar-refractivity contribution < 1.29 is 0 Å². The minimum absolute atomic E-state index is 0.530. The molecule has 2 heterocycles. The second-order valence-electron chi connectivity index (χ2n) is 5.58. The van der Waals surface area contributed by atoms with Gasteiger partial charge in [0.2, 0.25) is 0 Å². The Balaban J connectivity index is 2.24. The number of rotatable bonds is 1. The summed E-state index contributed by atoms with van der Waals surface area (Å²) in [7, 11) is 0. The van der Waals surface area contributed by atoms with Gasteiger partial charge in [0.25, 0.3) is 0 Å². The number of nitrogens with zero attached hydrogens (tertiary/aromatic N) is 1. The van der Waals surface area contributed by atoms with Crippen LogP contribution in [-0.2, 0) is 0 Å². The predicted molar refractivity (Wildman–Crippen MR) is 56.8 cm³/mol. The average molecular weight is 181 g/mol. The van der Waals surface area contributed by atoms with Crippen molar-refractivity contribution in [2.24, 2.45) is 5.92 Å².